The fourth-order valence-corrected chi connectivity index (χ4v) is 3.17. The lowest BCUT2D eigenvalue weighted by Crippen LogP contribution is -2.31. The molecule has 1 aliphatic rings. The summed E-state index contributed by atoms with van der Waals surface area (Å²) in [6.45, 7) is 3.08. The number of halogens is 1. The molecule has 5 heteroatoms. The molecule has 2 atom stereocenters. The van der Waals surface area contributed by atoms with Crippen molar-refractivity contribution in [2.24, 2.45) is 11.8 Å². The van der Waals surface area contributed by atoms with Gasteiger partial charge in [-0.05, 0) is 43.0 Å². The number of amides is 2. The molecule has 1 saturated carbocycles. The van der Waals surface area contributed by atoms with Gasteiger partial charge in [-0.2, -0.15) is 0 Å². The molecule has 2 aromatic rings. The fraction of sp³-hybridized carbons (Fsp3) is 0.333. The summed E-state index contributed by atoms with van der Waals surface area (Å²) in [5.74, 6) is -0.484. The Labute approximate surface area is 158 Å². The van der Waals surface area contributed by atoms with Crippen molar-refractivity contribution in [1.29, 1.82) is 0 Å². The van der Waals surface area contributed by atoms with Crippen molar-refractivity contribution in [3.05, 3.63) is 70.2 Å². The van der Waals surface area contributed by atoms with E-state index in [1.807, 2.05) is 55.5 Å². The highest BCUT2D eigenvalue weighted by Gasteiger charge is 2.47. The number of hydrogen-bond acceptors (Lipinski definition) is 2. The normalized spacial score (nSPS) is 18.2. The van der Waals surface area contributed by atoms with Crippen LogP contribution in [0.2, 0.25) is 5.02 Å². The van der Waals surface area contributed by atoms with Crippen LogP contribution in [-0.4, -0.2) is 18.4 Å². The Balaban J connectivity index is 1.37. The lowest BCUT2D eigenvalue weighted by atomic mass is 10.1. The maximum atomic E-state index is 12.2. The maximum Gasteiger partial charge on any atom is 0.224 e. The largest absolute Gasteiger partial charge is 0.356 e. The van der Waals surface area contributed by atoms with E-state index in [0.29, 0.717) is 24.5 Å². The average molecular weight is 371 g/mol. The highest BCUT2D eigenvalue weighted by Crippen LogP contribution is 2.38. The Morgan fingerprint density at radius 2 is 1.69 bits per heavy atom. The maximum absolute atomic E-state index is 12.2. The zero-order chi connectivity index (χ0) is 18.5. The zero-order valence-corrected chi connectivity index (χ0v) is 15.6. The standard InChI is InChI=1S/C21H23ClN2O2/c1-14-5-7-16(8-6-14)13-24-21(26)19-12-18(19)20(25)23-10-9-15-3-2-4-17(22)11-15/h2-8,11,18-19H,9-10,12-13H2,1H3,(H,23,25)(H,24,26). The second-order valence-electron chi connectivity index (χ2n) is 6.82. The third-order valence-corrected chi connectivity index (χ3v) is 4.89. The summed E-state index contributed by atoms with van der Waals surface area (Å²) >= 11 is 5.95. The van der Waals surface area contributed by atoms with E-state index in [2.05, 4.69) is 10.6 Å². The third kappa shape index (κ3) is 5.09. The van der Waals surface area contributed by atoms with Crippen LogP contribution in [0, 0.1) is 18.8 Å². The summed E-state index contributed by atoms with van der Waals surface area (Å²) < 4.78 is 0. The molecule has 136 valence electrons. The molecule has 0 saturated heterocycles. The summed E-state index contributed by atoms with van der Waals surface area (Å²) in [4.78, 5) is 24.4. The van der Waals surface area contributed by atoms with E-state index < -0.39 is 0 Å². The monoisotopic (exact) mass is 370 g/mol. The van der Waals surface area contributed by atoms with E-state index in [4.69, 9.17) is 11.6 Å². The molecule has 2 amide bonds. The van der Waals surface area contributed by atoms with Crippen molar-refractivity contribution in [3.63, 3.8) is 0 Å². The molecule has 1 fully saturated rings. The lowest BCUT2D eigenvalue weighted by molar-refractivity contribution is -0.127. The number of carbonyl (C=O) groups is 2. The molecule has 2 aromatic carbocycles. The van der Waals surface area contributed by atoms with Crippen molar-refractivity contribution in [2.75, 3.05) is 6.54 Å². The quantitative estimate of drug-likeness (QED) is 0.786. The molecule has 0 aliphatic heterocycles. The predicted octanol–water partition coefficient (Wildman–Crippen LogP) is 3.26. The van der Waals surface area contributed by atoms with Gasteiger partial charge in [-0.1, -0.05) is 53.6 Å². The Morgan fingerprint density at radius 1 is 1.00 bits per heavy atom. The molecular formula is C21H23ClN2O2. The van der Waals surface area contributed by atoms with Gasteiger partial charge in [0.15, 0.2) is 0 Å². The van der Waals surface area contributed by atoms with Gasteiger partial charge in [0, 0.05) is 18.1 Å². The second kappa shape index (κ2) is 8.37. The van der Waals surface area contributed by atoms with E-state index in [1.165, 1.54) is 5.56 Å². The van der Waals surface area contributed by atoms with Gasteiger partial charge in [0.2, 0.25) is 11.8 Å². The topological polar surface area (TPSA) is 58.2 Å². The molecule has 0 radical (unpaired) electrons. The zero-order valence-electron chi connectivity index (χ0n) is 14.8. The molecular weight excluding hydrogens is 348 g/mol. The first-order valence-electron chi connectivity index (χ1n) is 8.88. The van der Waals surface area contributed by atoms with E-state index in [-0.39, 0.29) is 23.7 Å². The van der Waals surface area contributed by atoms with Crippen LogP contribution in [0.5, 0.6) is 0 Å². The van der Waals surface area contributed by atoms with Crippen LogP contribution < -0.4 is 10.6 Å². The number of hydrogen-bond donors (Lipinski definition) is 2. The smallest absolute Gasteiger partial charge is 0.224 e. The van der Waals surface area contributed by atoms with Crippen molar-refractivity contribution in [2.45, 2.75) is 26.3 Å². The van der Waals surface area contributed by atoms with Gasteiger partial charge in [0.25, 0.3) is 0 Å². The van der Waals surface area contributed by atoms with Crippen molar-refractivity contribution in [1.82, 2.24) is 10.6 Å². The Hall–Kier alpha value is -2.33. The second-order valence-corrected chi connectivity index (χ2v) is 7.26. The van der Waals surface area contributed by atoms with Gasteiger partial charge < -0.3 is 10.6 Å². The predicted molar refractivity (Wildman–Crippen MR) is 103 cm³/mol. The minimum atomic E-state index is -0.202. The molecule has 4 nitrogen and oxygen atoms in total. The van der Waals surface area contributed by atoms with Crippen LogP contribution in [0.4, 0.5) is 0 Å². The fourth-order valence-electron chi connectivity index (χ4n) is 2.95. The first-order chi connectivity index (χ1) is 12.5. The van der Waals surface area contributed by atoms with Crippen LogP contribution in [0.15, 0.2) is 48.5 Å². The van der Waals surface area contributed by atoms with Gasteiger partial charge in [-0.15, -0.1) is 0 Å². The highest BCUT2D eigenvalue weighted by molar-refractivity contribution is 6.30. The number of aryl methyl sites for hydroxylation is 1. The Morgan fingerprint density at radius 3 is 2.38 bits per heavy atom. The van der Waals surface area contributed by atoms with Crippen molar-refractivity contribution in [3.8, 4) is 0 Å². The molecule has 3 rings (SSSR count). The molecule has 2 N–H and O–H groups in total. The summed E-state index contributed by atoms with van der Waals surface area (Å²) in [5, 5.41) is 6.53. The lowest BCUT2D eigenvalue weighted by Gasteiger charge is -2.07. The van der Waals surface area contributed by atoms with Crippen LogP contribution in [0.25, 0.3) is 0 Å². The van der Waals surface area contributed by atoms with Crippen LogP contribution in [-0.2, 0) is 22.6 Å². The first-order valence-corrected chi connectivity index (χ1v) is 9.26. The summed E-state index contributed by atoms with van der Waals surface area (Å²) in [5.41, 5.74) is 3.34. The summed E-state index contributed by atoms with van der Waals surface area (Å²) in [6.07, 6.45) is 1.35. The van der Waals surface area contributed by atoms with Crippen LogP contribution in [0.1, 0.15) is 23.1 Å². The number of benzene rings is 2. The van der Waals surface area contributed by atoms with Gasteiger partial charge in [-0.3, -0.25) is 9.59 Å². The third-order valence-electron chi connectivity index (χ3n) is 4.65. The van der Waals surface area contributed by atoms with E-state index in [9.17, 15) is 9.59 Å². The van der Waals surface area contributed by atoms with Crippen molar-refractivity contribution < 1.29 is 9.59 Å². The minimum Gasteiger partial charge on any atom is -0.356 e. The number of rotatable bonds is 7. The van der Waals surface area contributed by atoms with Crippen molar-refractivity contribution >= 4 is 23.4 Å². The average Bonchev–Trinajstić information content (AvgIpc) is 3.42. The Bertz CT molecular complexity index is 789. The molecule has 2 unspecified atom stereocenters. The molecule has 0 bridgehead atoms. The Kier molecular flexibility index (Phi) is 5.94. The van der Waals surface area contributed by atoms with Crippen LogP contribution >= 0.6 is 11.6 Å². The van der Waals surface area contributed by atoms with E-state index in [0.717, 1.165) is 17.5 Å². The summed E-state index contributed by atoms with van der Waals surface area (Å²) in [6, 6.07) is 15.7. The highest BCUT2D eigenvalue weighted by atomic mass is 35.5. The molecule has 26 heavy (non-hydrogen) atoms. The van der Waals surface area contributed by atoms with E-state index >= 15 is 0 Å². The number of nitrogens with one attached hydrogen (secondary N) is 2. The SMILES string of the molecule is Cc1ccc(CNC(=O)C2CC2C(=O)NCCc2cccc(Cl)c2)cc1. The summed E-state index contributed by atoms with van der Waals surface area (Å²) in [7, 11) is 0. The first kappa shape index (κ1) is 18.5. The minimum absolute atomic E-state index is 0.0393. The molecule has 0 aromatic heterocycles. The molecule has 1 aliphatic carbocycles. The van der Waals surface area contributed by atoms with Gasteiger partial charge in [-0.25, -0.2) is 0 Å². The van der Waals surface area contributed by atoms with Crippen LogP contribution in [0.3, 0.4) is 0 Å². The van der Waals surface area contributed by atoms with E-state index in [1.54, 1.807) is 0 Å². The number of carbonyl (C=O) groups excluding carboxylic acids is 2. The molecule has 0 spiro atoms. The van der Waals surface area contributed by atoms with Gasteiger partial charge in [0.1, 0.15) is 0 Å². The van der Waals surface area contributed by atoms with Gasteiger partial charge in [0.05, 0.1) is 11.8 Å². The van der Waals surface area contributed by atoms with Gasteiger partial charge >= 0.3 is 0 Å². The molecule has 0 heterocycles.